The van der Waals surface area contributed by atoms with E-state index in [2.05, 4.69) is 26.0 Å². The highest BCUT2D eigenvalue weighted by Crippen LogP contribution is 2.44. The molecule has 5 nitrogen and oxygen atoms in total. The van der Waals surface area contributed by atoms with Gasteiger partial charge in [-0.25, -0.2) is 0 Å². The van der Waals surface area contributed by atoms with E-state index in [1.807, 2.05) is 37.3 Å². The molecule has 1 unspecified atom stereocenters. The van der Waals surface area contributed by atoms with Crippen molar-refractivity contribution in [2.75, 3.05) is 6.54 Å². The van der Waals surface area contributed by atoms with E-state index in [4.69, 9.17) is 4.84 Å². The van der Waals surface area contributed by atoms with Gasteiger partial charge in [-0.1, -0.05) is 56.3 Å². The van der Waals surface area contributed by atoms with E-state index in [9.17, 15) is 14.7 Å². The van der Waals surface area contributed by atoms with Crippen LogP contribution in [0.5, 0.6) is 0 Å². The molecular formula is C26H29NO4S. The second-order valence-corrected chi connectivity index (χ2v) is 10.2. The number of likely N-dealkylation sites (N-methyl/N-ethyl adjacent to an activating group) is 1. The van der Waals surface area contributed by atoms with Gasteiger partial charge >= 0.3 is 5.97 Å². The molecule has 0 radical (unpaired) electrons. The number of carboxylic acid groups (broad SMARTS) is 1. The zero-order valence-electron chi connectivity index (χ0n) is 18.7. The van der Waals surface area contributed by atoms with Crippen LogP contribution < -0.4 is 0 Å². The van der Waals surface area contributed by atoms with Crippen LogP contribution in [0.1, 0.15) is 55.1 Å². The van der Waals surface area contributed by atoms with Gasteiger partial charge in [0.05, 0.1) is 5.57 Å². The Morgan fingerprint density at radius 2 is 1.75 bits per heavy atom. The molecular weight excluding hydrogens is 422 g/mol. The van der Waals surface area contributed by atoms with E-state index in [0.717, 1.165) is 24.0 Å². The summed E-state index contributed by atoms with van der Waals surface area (Å²) in [6.45, 7) is 6.56. The number of nitrogens with zero attached hydrogens (tertiary/aromatic N) is 1. The predicted octanol–water partition coefficient (Wildman–Crippen LogP) is 5.35. The highest BCUT2D eigenvalue weighted by Gasteiger charge is 2.47. The summed E-state index contributed by atoms with van der Waals surface area (Å²) in [6.07, 6.45) is 2.47. The fourth-order valence-corrected chi connectivity index (χ4v) is 5.10. The molecule has 2 aliphatic rings. The van der Waals surface area contributed by atoms with E-state index in [1.54, 1.807) is 17.8 Å². The minimum Gasteiger partial charge on any atom is -0.480 e. The number of allylic oxidation sites excluding steroid dienone is 1. The van der Waals surface area contributed by atoms with Gasteiger partial charge in [0, 0.05) is 28.2 Å². The smallest absolute Gasteiger partial charge is 0.329 e. The number of hydrogen-bond acceptors (Lipinski definition) is 5. The maximum atomic E-state index is 13.8. The summed E-state index contributed by atoms with van der Waals surface area (Å²) in [7, 11) is 0. The molecule has 1 aliphatic heterocycles. The Bertz CT molecular complexity index is 1060. The first-order valence-corrected chi connectivity index (χ1v) is 12.1. The van der Waals surface area contributed by atoms with Crippen molar-refractivity contribution in [3.63, 3.8) is 0 Å². The molecule has 2 aromatic carbocycles. The van der Waals surface area contributed by atoms with Gasteiger partial charge in [-0.3, -0.25) is 9.59 Å². The SMILES string of the molecule is CCN1OC(C2CC2)=C(C(=O)c2ccccc2Cc2ccccc2SC(C)C)C1C(=O)O. The van der Waals surface area contributed by atoms with Crippen LogP contribution in [0.25, 0.3) is 0 Å². The van der Waals surface area contributed by atoms with Crippen molar-refractivity contribution in [2.45, 2.75) is 56.2 Å². The van der Waals surface area contributed by atoms with Crippen molar-refractivity contribution >= 4 is 23.5 Å². The molecule has 1 atom stereocenters. The number of thioether (sulfide) groups is 1. The maximum absolute atomic E-state index is 13.8. The average molecular weight is 452 g/mol. The predicted molar refractivity (Wildman–Crippen MR) is 126 cm³/mol. The summed E-state index contributed by atoms with van der Waals surface area (Å²) >= 11 is 1.81. The Hall–Kier alpha value is -2.57. The lowest BCUT2D eigenvalue weighted by Gasteiger charge is -2.19. The largest absolute Gasteiger partial charge is 0.480 e. The number of carbonyl (C=O) groups excluding carboxylic acids is 1. The minimum absolute atomic E-state index is 0.141. The lowest BCUT2D eigenvalue weighted by molar-refractivity contribution is -0.161. The minimum atomic E-state index is -1.07. The zero-order valence-corrected chi connectivity index (χ0v) is 19.5. The summed E-state index contributed by atoms with van der Waals surface area (Å²) in [5.41, 5.74) is 2.91. The molecule has 0 amide bonds. The third kappa shape index (κ3) is 4.62. The Morgan fingerprint density at radius 3 is 2.38 bits per heavy atom. The number of hydrogen-bond donors (Lipinski definition) is 1. The van der Waals surface area contributed by atoms with Gasteiger partial charge in [-0.05, 0) is 43.4 Å². The first-order chi connectivity index (χ1) is 15.4. The number of hydroxylamine groups is 2. The molecule has 6 heteroatoms. The molecule has 168 valence electrons. The van der Waals surface area contributed by atoms with E-state index in [0.29, 0.717) is 35.1 Å². The molecule has 1 heterocycles. The van der Waals surface area contributed by atoms with Crippen LogP contribution >= 0.6 is 11.8 Å². The van der Waals surface area contributed by atoms with Crippen LogP contribution in [-0.4, -0.2) is 39.8 Å². The zero-order chi connectivity index (χ0) is 22.8. The molecule has 2 aromatic rings. The first-order valence-electron chi connectivity index (χ1n) is 11.2. The normalized spacial score (nSPS) is 18.8. The van der Waals surface area contributed by atoms with Crippen molar-refractivity contribution in [2.24, 2.45) is 5.92 Å². The summed E-state index contributed by atoms with van der Waals surface area (Å²) < 4.78 is 0. The van der Waals surface area contributed by atoms with Crippen molar-refractivity contribution in [1.82, 2.24) is 5.06 Å². The molecule has 0 saturated heterocycles. The number of rotatable bonds is 9. The Labute approximate surface area is 193 Å². The van der Waals surface area contributed by atoms with Crippen molar-refractivity contribution in [1.29, 1.82) is 0 Å². The van der Waals surface area contributed by atoms with Crippen LogP contribution in [0.2, 0.25) is 0 Å². The maximum Gasteiger partial charge on any atom is 0.329 e. The van der Waals surface area contributed by atoms with Crippen molar-refractivity contribution in [3.05, 3.63) is 76.6 Å². The molecule has 1 aliphatic carbocycles. The van der Waals surface area contributed by atoms with Crippen LogP contribution in [0.4, 0.5) is 0 Å². The van der Waals surface area contributed by atoms with Crippen molar-refractivity contribution in [3.8, 4) is 0 Å². The molecule has 0 bridgehead atoms. The second-order valence-electron chi connectivity index (χ2n) is 8.55. The molecule has 1 saturated carbocycles. The Balaban J connectivity index is 1.72. The number of aliphatic carboxylic acids is 1. The number of Topliss-reactive ketones (excluding diaryl/α,β-unsaturated/α-hetero) is 1. The highest BCUT2D eigenvalue weighted by atomic mass is 32.2. The number of carboxylic acids is 1. The fraction of sp³-hybridized carbons (Fsp3) is 0.385. The number of benzene rings is 2. The van der Waals surface area contributed by atoms with Gasteiger partial charge in [0.2, 0.25) is 0 Å². The molecule has 0 aromatic heterocycles. The summed E-state index contributed by atoms with van der Waals surface area (Å²) in [6, 6.07) is 14.7. The van der Waals surface area contributed by atoms with Crippen molar-refractivity contribution < 1.29 is 19.5 Å². The van der Waals surface area contributed by atoms with Gasteiger partial charge in [0.1, 0.15) is 5.76 Å². The highest BCUT2D eigenvalue weighted by molar-refractivity contribution is 8.00. The number of carbonyl (C=O) groups is 2. The molecule has 32 heavy (non-hydrogen) atoms. The Morgan fingerprint density at radius 1 is 1.09 bits per heavy atom. The molecule has 4 rings (SSSR count). The topological polar surface area (TPSA) is 66.8 Å². The summed E-state index contributed by atoms with van der Waals surface area (Å²) in [4.78, 5) is 33.0. The van der Waals surface area contributed by atoms with E-state index in [1.165, 1.54) is 9.96 Å². The third-order valence-electron chi connectivity index (χ3n) is 5.76. The van der Waals surface area contributed by atoms with Gasteiger partial charge < -0.3 is 9.94 Å². The van der Waals surface area contributed by atoms with E-state index < -0.39 is 12.0 Å². The first kappa shape index (κ1) is 22.6. The molecule has 1 N–H and O–H groups in total. The lowest BCUT2D eigenvalue weighted by atomic mass is 9.90. The lowest BCUT2D eigenvalue weighted by Crippen LogP contribution is -2.39. The third-order valence-corrected chi connectivity index (χ3v) is 6.88. The molecule has 1 fully saturated rings. The molecule has 0 spiro atoms. The van der Waals surface area contributed by atoms with Crippen LogP contribution in [0, 0.1) is 5.92 Å². The van der Waals surface area contributed by atoms with Gasteiger partial charge in [-0.2, -0.15) is 0 Å². The fourth-order valence-electron chi connectivity index (χ4n) is 4.14. The quantitative estimate of drug-likeness (QED) is 0.410. The average Bonchev–Trinajstić information content (AvgIpc) is 3.54. The second kappa shape index (κ2) is 9.51. The Kier molecular flexibility index (Phi) is 6.72. The standard InChI is InChI=1S/C26H29NO4S/c1-4-27-23(26(29)30)22(25(31-27)17-13-14-17)24(28)20-11-7-5-9-18(20)15-19-10-6-8-12-21(19)32-16(2)3/h5-12,16-17,23H,4,13-15H2,1-3H3,(H,29,30). The summed E-state index contributed by atoms with van der Waals surface area (Å²) in [5, 5.41) is 11.8. The van der Waals surface area contributed by atoms with E-state index in [-0.39, 0.29) is 11.7 Å². The summed E-state index contributed by atoms with van der Waals surface area (Å²) in [5.74, 6) is -0.598. The van der Waals surface area contributed by atoms with Gasteiger partial charge in [0.25, 0.3) is 0 Å². The monoisotopic (exact) mass is 451 g/mol. The van der Waals surface area contributed by atoms with Crippen LogP contribution in [0.15, 0.2) is 64.8 Å². The van der Waals surface area contributed by atoms with Crippen LogP contribution in [-0.2, 0) is 16.1 Å². The van der Waals surface area contributed by atoms with E-state index >= 15 is 0 Å². The number of ketones is 1. The van der Waals surface area contributed by atoms with Gasteiger partial charge in [-0.15, -0.1) is 16.8 Å². The van der Waals surface area contributed by atoms with Gasteiger partial charge in [0.15, 0.2) is 11.8 Å². The van der Waals surface area contributed by atoms with Crippen LogP contribution in [0.3, 0.4) is 0 Å².